The van der Waals surface area contributed by atoms with E-state index in [9.17, 15) is 0 Å². The summed E-state index contributed by atoms with van der Waals surface area (Å²) in [6.45, 7) is 0. The highest BCUT2D eigenvalue weighted by molar-refractivity contribution is 2.50. The van der Waals surface area contributed by atoms with Crippen LogP contribution in [0.5, 0.6) is 0 Å². The summed E-state index contributed by atoms with van der Waals surface area (Å²) in [6.07, 6.45) is 0. The zero-order valence-corrected chi connectivity index (χ0v) is 6.41. The quantitative estimate of drug-likeness (QED) is 0.488. The van der Waals surface area contributed by atoms with E-state index in [0.29, 0.717) is 0 Å². The van der Waals surface area contributed by atoms with Gasteiger partial charge < -0.3 is 6.15 Å². The molecule has 0 aromatic heterocycles. The zero-order chi connectivity index (χ0) is 14.0. The number of hydrogen-bond acceptors (Lipinski definition) is 1. The maximum atomic E-state index is 8.00. The first kappa shape index (κ1) is 101. The lowest BCUT2D eigenvalue weighted by atomic mass is 12.0. The fourth-order valence-electron chi connectivity index (χ4n) is 0. The highest BCUT2D eigenvalue weighted by Crippen LogP contribution is 1.43. The van der Waals surface area contributed by atoms with Crippen molar-refractivity contribution < 1.29 is 68.7 Å². The lowest BCUT2D eigenvalue weighted by molar-refractivity contribution is 0.108. The van der Waals surface area contributed by atoms with Crippen LogP contribution in [0.3, 0.4) is 0 Å². The van der Waals surface area contributed by atoms with Crippen LogP contribution < -0.4 is 6.15 Å². The minimum Gasteiger partial charge on any atom is -0.344 e. The molecule has 16 heteroatoms. The van der Waals surface area contributed by atoms with E-state index in [1.54, 1.807) is 0 Å². The number of rotatable bonds is 0. The molecule has 0 bridgehead atoms. The van der Waals surface area contributed by atoms with E-state index < -0.39 is 0 Å². The third-order valence-electron chi connectivity index (χ3n) is 0. The minimum absolute atomic E-state index is 0. The second-order valence-electron chi connectivity index (χ2n) is 0. The van der Waals surface area contributed by atoms with E-state index in [1.807, 2.05) is 0 Å². The molecule has 0 amide bonds. The predicted molar refractivity (Wildman–Crippen MR) is 29.8 cm³/mol. The Kier molecular flexibility index (Phi) is 14500. The molecular weight excluding hydrogens is 311 g/mol. The summed E-state index contributed by atoms with van der Waals surface area (Å²) in [4.78, 5) is 0. The summed E-state index contributed by atoms with van der Waals surface area (Å²) >= 11 is 0. The van der Waals surface area contributed by atoms with Crippen molar-refractivity contribution >= 4 is 0 Å². The van der Waals surface area contributed by atoms with Crippen molar-refractivity contribution in [3.05, 3.63) is 0 Å². The first-order valence-corrected chi connectivity index (χ1v) is 1.000. The highest BCUT2D eigenvalue weighted by Gasteiger charge is 1.01. The van der Waals surface area contributed by atoms with Crippen LogP contribution in [-0.4, -0.2) is 0 Å². The van der Waals surface area contributed by atoms with Crippen molar-refractivity contribution in [3.8, 4) is 0 Å². The average molecular weight is 319 g/mol. The second kappa shape index (κ2) is 2430. The first-order chi connectivity index (χ1) is 7.00. The molecule has 0 rings (SSSR count). The Morgan fingerprint density at radius 1 is 0.294 bits per heavy atom. The van der Waals surface area contributed by atoms with Gasteiger partial charge in [0.05, 0.1) is 0 Å². The summed E-state index contributed by atoms with van der Waals surface area (Å²) in [5, 5.41) is 0. The molecule has 0 heterocycles. The summed E-state index contributed by atoms with van der Waals surface area (Å²) in [5.74, 6) is 0. The molecular formula is CH8F15N. The lowest BCUT2D eigenvalue weighted by Crippen LogP contribution is -0.580. The SMILES string of the molecule is C.F.FF.FF.FF.FF.FF.FF.FF.N. The van der Waals surface area contributed by atoms with Gasteiger partial charge in [-0.15, -0.1) is 0 Å². The van der Waals surface area contributed by atoms with Gasteiger partial charge in [0.1, 0.15) is 0 Å². The molecule has 0 radical (unpaired) electrons. The lowest BCUT2D eigenvalue weighted by Gasteiger charge is -1.00. The monoisotopic (exact) mass is 319 g/mol. The van der Waals surface area contributed by atoms with E-state index >= 15 is 0 Å². The molecule has 1 nitrogen and oxygen atoms in total. The van der Waals surface area contributed by atoms with Gasteiger partial charge in [-0.05, 0) is 0 Å². The fourth-order valence-corrected chi connectivity index (χ4v) is 0. The van der Waals surface area contributed by atoms with Gasteiger partial charge in [-0.2, -0.15) is 0 Å². The molecule has 0 saturated carbocycles. The number of halogens is 15. The predicted octanol–water partition coefficient (Wildman–Crippen LogP) is 6.83. The summed E-state index contributed by atoms with van der Waals surface area (Å²) < 4.78 is 112. The Morgan fingerprint density at radius 2 is 0.294 bits per heavy atom. The van der Waals surface area contributed by atoms with E-state index in [4.69, 9.17) is 64.0 Å². The highest BCUT2D eigenvalue weighted by atomic mass is 20.0. The van der Waals surface area contributed by atoms with E-state index in [2.05, 4.69) is 0 Å². The van der Waals surface area contributed by atoms with Crippen LogP contribution in [0.2, 0.25) is 0 Å². The van der Waals surface area contributed by atoms with Gasteiger partial charge >= 0.3 is 0 Å². The third kappa shape index (κ3) is 2090. The topological polar surface area (TPSA) is 35.0 Å². The van der Waals surface area contributed by atoms with Crippen LogP contribution >= 0.6 is 0 Å². The molecule has 0 spiro atoms. The van der Waals surface area contributed by atoms with Gasteiger partial charge in [-0.1, -0.05) is 7.43 Å². The van der Waals surface area contributed by atoms with E-state index in [1.165, 1.54) is 0 Å². The Morgan fingerprint density at radius 3 is 0.294 bits per heavy atom. The second-order valence-corrected chi connectivity index (χ2v) is 0. The molecule has 0 unspecified atom stereocenters. The Labute approximate surface area is 84.0 Å². The molecule has 0 aliphatic carbocycles. The summed E-state index contributed by atoms with van der Waals surface area (Å²) in [7, 11) is 0. The van der Waals surface area contributed by atoms with Crippen molar-refractivity contribution in [1.29, 1.82) is 0 Å². The smallest absolute Gasteiger partial charge is 0 e. The Balaban J connectivity index is -0.00000000408. The van der Waals surface area contributed by atoms with Crippen molar-refractivity contribution in [1.82, 2.24) is 6.15 Å². The molecule has 0 saturated heterocycles. The molecule has 0 aromatic rings. The first-order valence-electron chi connectivity index (χ1n) is 1.000. The van der Waals surface area contributed by atoms with Crippen molar-refractivity contribution in [3.63, 3.8) is 0 Å². The van der Waals surface area contributed by atoms with Crippen LogP contribution in [0.25, 0.3) is 0 Å². The molecule has 0 atom stereocenters. The summed E-state index contributed by atoms with van der Waals surface area (Å²) in [6, 6.07) is 0. The molecule has 0 aliphatic heterocycles. The van der Waals surface area contributed by atoms with Crippen LogP contribution in [0.15, 0.2) is 0 Å². The van der Waals surface area contributed by atoms with Crippen LogP contribution in [0.4, 0.5) is 68.7 Å². The maximum Gasteiger partial charge on any atom is 0 e. The third-order valence-corrected chi connectivity index (χ3v) is 0. The Hall–Kier alpha value is -1.09. The zero-order valence-electron chi connectivity index (χ0n) is 6.41. The Bertz CT molecular complexity index is 10.9. The fraction of sp³-hybridized carbons (Fsp3) is 1.00. The van der Waals surface area contributed by atoms with E-state index in [-0.39, 0.29) is 18.3 Å². The minimum atomic E-state index is 0. The van der Waals surface area contributed by atoms with E-state index in [0.717, 1.165) is 0 Å². The van der Waals surface area contributed by atoms with Crippen LogP contribution in [0, 0.1) is 0 Å². The van der Waals surface area contributed by atoms with Gasteiger partial charge in [0.15, 0.2) is 0 Å². The summed E-state index contributed by atoms with van der Waals surface area (Å²) in [5.41, 5.74) is 0. The molecule has 122 valence electrons. The van der Waals surface area contributed by atoms with Crippen molar-refractivity contribution in [2.45, 2.75) is 7.43 Å². The maximum absolute atomic E-state index is 8.00. The van der Waals surface area contributed by atoms with Crippen molar-refractivity contribution in [2.75, 3.05) is 0 Å². The van der Waals surface area contributed by atoms with Gasteiger partial charge in [-0.3, -0.25) is 4.70 Å². The molecule has 3 N–H and O–H groups in total. The molecule has 17 heavy (non-hydrogen) atoms. The van der Waals surface area contributed by atoms with Crippen molar-refractivity contribution in [2.24, 2.45) is 0 Å². The largest absolute Gasteiger partial charge is 0.344 e. The van der Waals surface area contributed by atoms with Gasteiger partial charge in [-0.25, -0.2) is 0 Å². The van der Waals surface area contributed by atoms with Gasteiger partial charge in [0.2, 0.25) is 0 Å². The standard InChI is InChI=1S/CH4.7F2.FH.H3N/c;7*1-2;;/h1H4;;;;;;;;1H;1H3. The molecule has 0 aromatic carbocycles. The van der Waals surface area contributed by atoms with Gasteiger partial charge in [0, 0.05) is 64.0 Å². The van der Waals surface area contributed by atoms with Crippen LogP contribution in [0.1, 0.15) is 7.43 Å². The van der Waals surface area contributed by atoms with Crippen LogP contribution in [-0.2, 0) is 0 Å². The van der Waals surface area contributed by atoms with Gasteiger partial charge in [0.25, 0.3) is 0 Å². The normalized spacial score (nSPS) is 2.47. The average Bonchev–Trinajstić information content (AvgIpc) is 2.45. The number of hydrogen-bond donors (Lipinski definition) is 1. The molecule has 0 aliphatic rings. The molecule has 0 fully saturated rings.